The van der Waals surface area contributed by atoms with E-state index >= 15 is 0 Å². The largest absolute Gasteiger partial charge is 0.463 e. The summed E-state index contributed by atoms with van der Waals surface area (Å²) in [6, 6.07) is 3.62. The van der Waals surface area contributed by atoms with E-state index in [1.165, 1.54) is 0 Å². The third-order valence-electron chi connectivity index (χ3n) is 5.14. The molecule has 9 heteroatoms. The van der Waals surface area contributed by atoms with Gasteiger partial charge in [-0.05, 0) is 31.7 Å². The van der Waals surface area contributed by atoms with Crippen LogP contribution >= 0.6 is 0 Å². The summed E-state index contributed by atoms with van der Waals surface area (Å²) in [5.41, 5.74) is 8.95. The van der Waals surface area contributed by atoms with E-state index in [1.807, 2.05) is 0 Å². The number of anilines is 1. The number of rotatable bonds is 14. The number of aromatic nitrogens is 3. The van der Waals surface area contributed by atoms with Crippen LogP contribution in [0.5, 0.6) is 6.01 Å². The highest BCUT2D eigenvalue weighted by molar-refractivity contribution is 6.76. The standard InChI is InChI=1S/C22H37N5O3Si/c1-5-6-12-30-22-25-19-17(10-8-7-9-11-28)18(15-23)27(20(19)21(24)26-22)16-29-13-14-31(2,3)4/h28H,5-14,16H2,1-4H3,(H2,24,25,26). The van der Waals surface area contributed by atoms with Crippen molar-refractivity contribution in [1.29, 1.82) is 5.26 Å². The number of nitrogen functional groups attached to an aromatic ring is 1. The lowest BCUT2D eigenvalue weighted by atomic mass is 10.1. The molecule has 0 radical (unpaired) electrons. The van der Waals surface area contributed by atoms with Gasteiger partial charge in [-0.1, -0.05) is 39.4 Å². The lowest BCUT2D eigenvalue weighted by Gasteiger charge is -2.16. The highest BCUT2D eigenvalue weighted by atomic mass is 28.3. The Morgan fingerprint density at radius 3 is 2.55 bits per heavy atom. The predicted octanol–water partition coefficient (Wildman–Crippen LogP) is 4.08. The summed E-state index contributed by atoms with van der Waals surface area (Å²) in [4.78, 5) is 8.95. The third-order valence-corrected chi connectivity index (χ3v) is 6.84. The van der Waals surface area contributed by atoms with E-state index in [2.05, 4.69) is 42.6 Å². The lowest BCUT2D eigenvalue weighted by molar-refractivity contribution is 0.0896. The number of nitrogens with two attached hydrogens (primary N) is 1. The highest BCUT2D eigenvalue weighted by Gasteiger charge is 2.22. The molecule has 0 unspecified atom stereocenters. The van der Waals surface area contributed by atoms with E-state index < -0.39 is 8.07 Å². The summed E-state index contributed by atoms with van der Waals surface area (Å²) in [6.07, 6.45) is 5.05. The van der Waals surface area contributed by atoms with Crippen LogP contribution in [0.15, 0.2) is 0 Å². The first-order valence-electron chi connectivity index (χ1n) is 11.2. The van der Waals surface area contributed by atoms with Crippen molar-refractivity contribution in [1.82, 2.24) is 14.5 Å². The van der Waals surface area contributed by atoms with Crippen molar-refractivity contribution in [3.8, 4) is 12.1 Å². The maximum atomic E-state index is 9.94. The summed E-state index contributed by atoms with van der Waals surface area (Å²) < 4.78 is 13.4. The molecular formula is C22H37N5O3Si. The molecule has 0 atom stereocenters. The van der Waals surface area contributed by atoms with Crippen LogP contribution in [0.25, 0.3) is 11.0 Å². The van der Waals surface area contributed by atoms with E-state index in [4.69, 9.17) is 20.3 Å². The van der Waals surface area contributed by atoms with E-state index in [0.717, 1.165) is 43.7 Å². The van der Waals surface area contributed by atoms with E-state index in [0.29, 0.717) is 42.2 Å². The zero-order valence-corrected chi connectivity index (χ0v) is 20.4. The number of aryl methyl sites for hydroxylation is 1. The molecule has 3 N–H and O–H groups in total. The van der Waals surface area contributed by atoms with Gasteiger partial charge in [0.05, 0.1) is 6.61 Å². The van der Waals surface area contributed by atoms with Crippen molar-refractivity contribution in [3.63, 3.8) is 0 Å². The molecule has 2 aromatic heterocycles. The van der Waals surface area contributed by atoms with Gasteiger partial charge in [-0.25, -0.2) is 0 Å². The molecule has 31 heavy (non-hydrogen) atoms. The summed E-state index contributed by atoms with van der Waals surface area (Å²) >= 11 is 0. The maximum Gasteiger partial charge on any atom is 0.319 e. The molecule has 0 saturated heterocycles. The van der Waals surface area contributed by atoms with Gasteiger partial charge >= 0.3 is 6.01 Å². The number of hydrogen-bond acceptors (Lipinski definition) is 7. The van der Waals surface area contributed by atoms with Gasteiger partial charge in [0.2, 0.25) is 0 Å². The number of hydrogen-bond donors (Lipinski definition) is 2. The Morgan fingerprint density at radius 2 is 1.90 bits per heavy atom. The van der Waals surface area contributed by atoms with E-state index in [9.17, 15) is 5.26 Å². The summed E-state index contributed by atoms with van der Waals surface area (Å²) in [7, 11) is -1.21. The van der Waals surface area contributed by atoms with Crippen LogP contribution < -0.4 is 10.5 Å². The normalized spacial score (nSPS) is 11.7. The van der Waals surface area contributed by atoms with Crippen molar-refractivity contribution < 1.29 is 14.6 Å². The minimum absolute atomic E-state index is 0.169. The monoisotopic (exact) mass is 447 g/mol. The van der Waals surface area contributed by atoms with Crippen molar-refractivity contribution in [2.75, 3.05) is 25.6 Å². The Bertz CT molecular complexity index is 886. The zero-order chi connectivity index (χ0) is 22.9. The Kier molecular flexibility index (Phi) is 9.74. The highest BCUT2D eigenvalue weighted by Crippen LogP contribution is 2.31. The Hall–Kier alpha value is -2.15. The van der Waals surface area contributed by atoms with Gasteiger partial charge in [0.1, 0.15) is 29.5 Å². The second-order valence-corrected chi connectivity index (χ2v) is 14.7. The van der Waals surface area contributed by atoms with E-state index in [1.54, 1.807) is 4.57 Å². The number of aliphatic hydroxyl groups excluding tert-OH is 1. The molecule has 2 aromatic rings. The van der Waals surface area contributed by atoms with Crippen LogP contribution in [0.3, 0.4) is 0 Å². The van der Waals surface area contributed by atoms with Gasteiger partial charge in [-0.2, -0.15) is 15.2 Å². The number of aliphatic hydroxyl groups is 1. The maximum absolute atomic E-state index is 9.94. The van der Waals surface area contributed by atoms with Crippen LogP contribution in [0.2, 0.25) is 25.7 Å². The fourth-order valence-corrected chi connectivity index (χ4v) is 4.06. The van der Waals surface area contributed by atoms with E-state index in [-0.39, 0.29) is 19.3 Å². The second kappa shape index (κ2) is 12.0. The fourth-order valence-electron chi connectivity index (χ4n) is 3.30. The molecule has 2 rings (SSSR count). The number of ether oxygens (including phenoxy) is 2. The predicted molar refractivity (Wildman–Crippen MR) is 126 cm³/mol. The van der Waals surface area contributed by atoms with Crippen molar-refractivity contribution in [3.05, 3.63) is 11.3 Å². The molecule has 0 aliphatic heterocycles. The summed E-state index contributed by atoms with van der Waals surface area (Å²) in [5.74, 6) is 0.295. The minimum atomic E-state index is -1.21. The summed E-state index contributed by atoms with van der Waals surface area (Å²) in [5, 5.41) is 19.0. The van der Waals surface area contributed by atoms with Crippen LogP contribution in [-0.4, -0.2) is 47.5 Å². The van der Waals surface area contributed by atoms with Crippen molar-refractivity contribution >= 4 is 24.9 Å². The van der Waals surface area contributed by atoms with Crippen molar-refractivity contribution in [2.45, 2.75) is 77.9 Å². The first kappa shape index (κ1) is 25.1. The molecule has 0 aliphatic carbocycles. The average Bonchev–Trinajstić information content (AvgIpc) is 3.01. The fraction of sp³-hybridized carbons (Fsp3) is 0.682. The minimum Gasteiger partial charge on any atom is -0.463 e. The molecule has 0 saturated carbocycles. The Labute approximate surface area is 186 Å². The summed E-state index contributed by atoms with van der Waals surface area (Å²) in [6.45, 7) is 10.6. The Balaban J connectivity index is 2.39. The SMILES string of the molecule is CCCCOc1nc(N)c2c(n1)c(CCCCCO)c(C#N)n2COCC[Si](C)(C)C. The number of fused-ring (bicyclic) bond motifs is 1. The number of nitrogens with zero attached hydrogens (tertiary/aromatic N) is 4. The molecular weight excluding hydrogens is 410 g/mol. The molecule has 0 amide bonds. The second-order valence-electron chi connectivity index (χ2n) is 9.04. The molecule has 0 aromatic carbocycles. The molecule has 0 spiro atoms. The first-order valence-corrected chi connectivity index (χ1v) is 14.9. The molecule has 0 fully saturated rings. The quantitative estimate of drug-likeness (QED) is 0.331. The smallest absolute Gasteiger partial charge is 0.319 e. The lowest BCUT2D eigenvalue weighted by Crippen LogP contribution is -2.22. The number of nitriles is 1. The molecule has 2 heterocycles. The van der Waals surface area contributed by atoms with Gasteiger partial charge < -0.3 is 24.9 Å². The molecule has 0 aliphatic rings. The zero-order valence-electron chi connectivity index (χ0n) is 19.4. The third kappa shape index (κ3) is 7.20. The molecule has 8 nitrogen and oxygen atoms in total. The van der Waals surface area contributed by atoms with Gasteiger partial charge in [-0.3, -0.25) is 0 Å². The molecule has 172 valence electrons. The topological polar surface area (TPSA) is 119 Å². The van der Waals surface area contributed by atoms with Gasteiger partial charge in [-0.15, -0.1) is 0 Å². The Morgan fingerprint density at radius 1 is 1.13 bits per heavy atom. The van der Waals surface area contributed by atoms with Crippen LogP contribution in [-0.2, 0) is 17.9 Å². The van der Waals surface area contributed by atoms with Gasteiger partial charge in [0, 0.05) is 26.9 Å². The van der Waals surface area contributed by atoms with Gasteiger partial charge in [0.25, 0.3) is 0 Å². The van der Waals surface area contributed by atoms with Crippen LogP contribution in [0.1, 0.15) is 50.3 Å². The number of unbranched alkanes of at least 4 members (excludes halogenated alkanes) is 3. The molecule has 0 bridgehead atoms. The van der Waals surface area contributed by atoms with Crippen molar-refractivity contribution in [2.24, 2.45) is 0 Å². The van der Waals surface area contributed by atoms with Crippen LogP contribution in [0, 0.1) is 11.3 Å². The van der Waals surface area contributed by atoms with Crippen LogP contribution in [0.4, 0.5) is 5.82 Å². The first-order chi connectivity index (χ1) is 14.8. The average molecular weight is 448 g/mol. The van der Waals surface area contributed by atoms with Gasteiger partial charge in [0.15, 0.2) is 5.82 Å².